The molecule has 1 aromatic heterocycles. The number of fused-ring (bicyclic) bond motifs is 3. The second-order valence-corrected chi connectivity index (χ2v) is 7.66. The second-order valence-electron chi connectivity index (χ2n) is 7.66. The summed E-state index contributed by atoms with van der Waals surface area (Å²) in [5.74, 6) is -0.767. The number of urea groups is 1. The maximum atomic E-state index is 13.6. The van der Waals surface area contributed by atoms with Crippen molar-refractivity contribution >= 4 is 23.2 Å². The molecular formula is C21H18F2N4O2. The number of aromatic nitrogens is 1. The van der Waals surface area contributed by atoms with E-state index in [9.17, 15) is 18.4 Å². The molecule has 1 aromatic carbocycles. The van der Waals surface area contributed by atoms with Gasteiger partial charge in [0.1, 0.15) is 18.2 Å². The summed E-state index contributed by atoms with van der Waals surface area (Å²) in [6.07, 6.45) is 5.62. The van der Waals surface area contributed by atoms with E-state index in [0.717, 1.165) is 18.2 Å². The highest BCUT2D eigenvalue weighted by Crippen LogP contribution is 2.41. The Morgan fingerprint density at radius 1 is 1.21 bits per heavy atom. The van der Waals surface area contributed by atoms with Crippen LogP contribution in [0.2, 0.25) is 0 Å². The fourth-order valence-electron chi connectivity index (χ4n) is 4.45. The minimum absolute atomic E-state index is 0.0975. The zero-order chi connectivity index (χ0) is 20.1. The van der Waals surface area contributed by atoms with Gasteiger partial charge in [0, 0.05) is 24.0 Å². The molecule has 2 aromatic rings. The molecule has 3 heterocycles. The molecule has 5 rings (SSSR count). The van der Waals surface area contributed by atoms with Gasteiger partial charge >= 0.3 is 6.03 Å². The molecule has 0 saturated carbocycles. The van der Waals surface area contributed by atoms with Crippen LogP contribution in [0.15, 0.2) is 42.7 Å². The number of halogens is 2. The Bertz CT molecular complexity index is 1050. The monoisotopic (exact) mass is 396 g/mol. The molecular weight excluding hydrogens is 378 g/mol. The normalized spacial score (nSPS) is 22.4. The van der Waals surface area contributed by atoms with Gasteiger partial charge in [-0.3, -0.25) is 9.78 Å². The Kier molecular flexibility index (Phi) is 4.08. The Morgan fingerprint density at radius 2 is 2.07 bits per heavy atom. The quantitative estimate of drug-likeness (QED) is 0.868. The molecule has 148 valence electrons. The van der Waals surface area contributed by atoms with Crippen molar-refractivity contribution in [1.82, 2.24) is 14.8 Å². The van der Waals surface area contributed by atoms with Gasteiger partial charge in [-0.2, -0.15) is 0 Å². The van der Waals surface area contributed by atoms with Gasteiger partial charge in [0.25, 0.3) is 0 Å². The first kappa shape index (κ1) is 17.8. The van der Waals surface area contributed by atoms with E-state index >= 15 is 0 Å². The van der Waals surface area contributed by atoms with E-state index in [1.165, 1.54) is 29.2 Å². The van der Waals surface area contributed by atoms with E-state index in [0.29, 0.717) is 23.4 Å². The first-order valence-electron chi connectivity index (χ1n) is 9.44. The number of carbonyl (C=O) groups excluding carboxylic acids is 2. The van der Waals surface area contributed by atoms with E-state index < -0.39 is 5.82 Å². The fraction of sp³-hybridized carbons (Fsp3) is 0.286. The van der Waals surface area contributed by atoms with Crippen LogP contribution in [0.25, 0.3) is 5.57 Å². The van der Waals surface area contributed by atoms with Gasteiger partial charge in [-0.05, 0) is 47.7 Å². The summed E-state index contributed by atoms with van der Waals surface area (Å²) in [5, 5.41) is 2.70. The van der Waals surface area contributed by atoms with Crippen molar-refractivity contribution in [2.75, 3.05) is 18.4 Å². The predicted octanol–water partition coefficient (Wildman–Crippen LogP) is 3.02. The lowest BCUT2D eigenvalue weighted by molar-refractivity contribution is -0.132. The maximum absolute atomic E-state index is 13.6. The van der Waals surface area contributed by atoms with Crippen LogP contribution in [0.1, 0.15) is 17.5 Å². The van der Waals surface area contributed by atoms with Gasteiger partial charge in [0.15, 0.2) is 0 Å². The summed E-state index contributed by atoms with van der Waals surface area (Å²) in [5.41, 5.74) is 2.77. The minimum Gasteiger partial charge on any atom is -0.333 e. The summed E-state index contributed by atoms with van der Waals surface area (Å²) in [6.45, 7) is 0.652. The summed E-state index contributed by atoms with van der Waals surface area (Å²) >= 11 is 0. The summed E-state index contributed by atoms with van der Waals surface area (Å²) < 4.78 is 27.1. The highest BCUT2D eigenvalue weighted by Gasteiger charge is 2.42. The van der Waals surface area contributed by atoms with Crippen LogP contribution in [0.5, 0.6) is 0 Å². The predicted molar refractivity (Wildman–Crippen MR) is 102 cm³/mol. The summed E-state index contributed by atoms with van der Waals surface area (Å²) in [7, 11) is 0. The topological polar surface area (TPSA) is 65.5 Å². The number of benzene rings is 1. The average molecular weight is 396 g/mol. The lowest BCUT2D eigenvalue weighted by Crippen LogP contribution is -2.48. The van der Waals surface area contributed by atoms with Gasteiger partial charge in [-0.15, -0.1) is 0 Å². The minimum atomic E-state index is -0.417. The summed E-state index contributed by atoms with van der Waals surface area (Å²) in [4.78, 5) is 32.4. The first-order valence-corrected chi connectivity index (χ1v) is 9.44. The van der Waals surface area contributed by atoms with Crippen molar-refractivity contribution in [3.05, 3.63) is 65.5 Å². The van der Waals surface area contributed by atoms with Gasteiger partial charge in [-0.1, -0.05) is 6.08 Å². The van der Waals surface area contributed by atoms with E-state index in [1.807, 2.05) is 0 Å². The number of pyridine rings is 1. The third-order valence-electron chi connectivity index (χ3n) is 5.75. The molecule has 0 radical (unpaired) electrons. The van der Waals surface area contributed by atoms with Crippen LogP contribution in [-0.4, -0.2) is 45.9 Å². The standard InChI is InChI=1S/C21H18F2N4O2/c22-15-1-2-18-14(6-15)10-26(21(29)25-18)11-20(28)27-9-12-3-17(19(27)4-12)13-5-16(23)8-24-7-13/h1-3,5-8,12,19H,4,9-11H2,(H,25,29)/t12-,19-/m1/s1. The van der Waals surface area contributed by atoms with E-state index in [2.05, 4.69) is 16.4 Å². The average Bonchev–Trinajstić information content (AvgIpc) is 3.30. The SMILES string of the molecule is O=C1Nc2ccc(F)cc2CN1CC(=O)N1C[C@@H]2C=C(c3cncc(F)c3)[C@H]1C2. The lowest BCUT2D eigenvalue weighted by Gasteiger charge is -2.33. The molecule has 6 nitrogen and oxygen atoms in total. The molecule has 2 aliphatic heterocycles. The second kappa shape index (κ2) is 6.65. The van der Waals surface area contributed by atoms with Crippen molar-refractivity contribution in [3.8, 4) is 0 Å². The van der Waals surface area contributed by atoms with Crippen LogP contribution in [0.4, 0.5) is 19.3 Å². The van der Waals surface area contributed by atoms with Crippen molar-refractivity contribution in [1.29, 1.82) is 0 Å². The molecule has 0 unspecified atom stereocenters. The molecule has 1 saturated heterocycles. The molecule has 2 bridgehead atoms. The smallest absolute Gasteiger partial charge is 0.322 e. The Hall–Kier alpha value is -3.29. The molecule has 3 amide bonds. The molecule has 2 atom stereocenters. The molecule has 29 heavy (non-hydrogen) atoms. The number of hydrogen-bond donors (Lipinski definition) is 1. The number of nitrogens with zero attached hydrogens (tertiary/aromatic N) is 3. The first-order chi connectivity index (χ1) is 14.0. The zero-order valence-electron chi connectivity index (χ0n) is 15.4. The number of nitrogens with one attached hydrogen (secondary N) is 1. The van der Waals surface area contributed by atoms with Gasteiger partial charge in [0.05, 0.1) is 18.8 Å². The van der Waals surface area contributed by atoms with E-state index in [-0.39, 0.29) is 42.8 Å². The van der Waals surface area contributed by atoms with Gasteiger partial charge < -0.3 is 15.1 Å². The molecule has 1 N–H and O–H groups in total. The molecule has 8 heteroatoms. The largest absolute Gasteiger partial charge is 0.333 e. The number of carbonyl (C=O) groups is 2. The highest BCUT2D eigenvalue weighted by molar-refractivity contribution is 5.95. The van der Waals surface area contributed by atoms with E-state index in [1.54, 1.807) is 11.1 Å². The Balaban J connectivity index is 1.32. The Labute approximate surface area is 165 Å². The van der Waals surface area contributed by atoms with Gasteiger partial charge in [0.2, 0.25) is 5.91 Å². The summed E-state index contributed by atoms with van der Waals surface area (Å²) in [6, 6.07) is 5.06. The van der Waals surface area contributed by atoms with E-state index in [4.69, 9.17) is 0 Å². The maximum Gasteiger partial charge on any atom is 0.322 e. The molecule has 0 spiro atoms. The molecule has 1 aliphatic carbocycles. The van der Waals surface area contributed by atoms with Crippen LogP contribution < -0.4 is 5.32 Å². The number of hydrogen-bond acceptors (Lipinski definition) is 3. The number of anilines is 1. The number of amides is 3. The van der Waals surface area contributed by atoms with Crippen LogP contribution >= 0.6 is 0 Å². The van der Waals surface area contributed by atoms with Crippen molar-refractivity contribution in [3.63, 3.8) is 0 Å². The van der Waals surface area contributed by atoms with Crippen LogP contribution in [0, 0.1) is 17.6 Å². The third-order valence-corrected chi connectivity index (χ3v) is 5.75. The number of likely N-dealkylation sites (tertiary alicyclic amines) is 1. The zero-order valence-corrected chi connectivity index (χ0v) is 15.4. The van der Waals surface area contributed by atoms with Crippen molar-refractivity contribution < 1.29 is 18.4 Å². The third kappa shape index (κ3) is 3.14. The molecule has 3 aliphatic rings. The van der Waals surface area contributed by atoms with Gasteiger partial charge in [-0.25, -0.2) is 13.6 Å². The van der Waals surface area contributed by atoms with Crippen molar-refractivity contribution in [2.45, 2.75) is 19.0 Å². The Morgan fingerprint density at radius 3 is 2.86 bits per heavy atom. The highest BCUT2D eigenvalue weighted by atomic mass is 19.1. The van der Waals surface area contributed by atoms with Crippen LogP contribution in [0.3, 0.4) is 0 Å². The number of rotatable bonds is 3. The fourth-order valence-corrected chi connectivity index (χ4v) is 4.45. The van der Waals surface area contributed by atoms with Crippen LogP contribution in [-0.2, 0) is 11.3 Å². The molecule has 1 fully saturated rings. The van der Waals surface area contributed by atoms with Crippen molar-refractivity contribution in [2.24, 2.45) is 5.92 Å². The lowest BCUT2D eigenvalue weighted by atomic mass is 10.0.